The van der Waals surface area contributed by atoms with Gasteiger partial charge in [-0.15, -0.1) is 0 Å². The van der Waals surface area contributed by atoms with Crippen molar-refractivity contribution in [2.24, 2.45) is 10.2 Å². The summed E-state index contributed by atoms with van der Waals surface area (Å²) in [5.41, 5.74) is 6.92. The number of hydrogen-bond acceptors (Lipinski definition) is 5. The van der Waals surface area contributed by atoms with E-state index >= 15 is 0 Å². The van der Waals surface area contributed by atoms with Gasteiger partial charge in [-0.3, -0.25) is 10.9 Å². The number of nitrogens with one attached hydrogen (secondary N) is 4. The van der Waals surface area contributed by atoms with E-state index in [1.54, 1.807) is 7.05 Å². The molecule has 0 amide bonds. The zero-order valence-corrected chi connectivity index (χ0v) is 18.1. The van der Waals surface area contributed by atoms with Crippen LogP contribution in [0.5, 0.6) is 0 Å². The Balaban J connectivity index is 3.88. The van der Waals surface area contributed by atoms with Crippen molar-refractivity contribution >= 4 is 62.8 Å². The van der Waals surface area contributed by atoms with E-state index in [0.29, 0.717) is 21.6 Å². The van der Waals surface area contributed by atoms with Crippen molar-refractivity contribution in [3.05, 3.63) is 0 Å². The van der Waals surface area contributed by atoms with E-state index in [-0.39, 0.29) is 0 Å². The number of unbranched alkanes of at least 4 members (excludes halogenated alkanes) is 3. The normalized spacial score (nSPS) is 13.2. The highest BCUT2D eigenvalue weighted by Gasteiger charge is 2.00. The fourth-order valence-corrected chi connectivity index (χ4v) is 2.77. The van der Waals surface area contributed by atoms with Crippen molar-refractivity contribution < 1.29 is 4.89 Å². The predicted octanol–water partition coefficient (Wildman–Crippen LogP) is 2.04. The minimum Gasteiger partial charge on any atom is -0.370 e. The summed E-state index contributed by atoms with van der Waals surface area (Å²) in [5.74, 6) is 0. The molecular weight excluding hydrogens is 382 g/mol. The van der Waals surface area contributed by atoms with Crippen LogP contribution in [0, 0.1) is 0 Å². The fourth-order valence-electron chi connectivity index (χ4n) is 1.48. The van der Waals surface area contributed by atoms with Gasteiger partial charge in [0.25, 0.3) is 0 Å². The van der Waals surface area contributed by atoms with Gasteiger partial charge >= 0.3 is 0 Å². The molecule has 7 nitrogen and oxygen atoms in total. The topological polar surface area (TPSA) is 93.1 Å². The minimum atomic E-state index is -0.829. The average molecular weight is 410 g/mol. The summed E-state index contributed by atoms with van der Waals surface area (Å²) in [6, 6.07) is 0. The van der Waals surface area contributed by atoms with Crippen molar-refractivity contribution in [2.75, 3.05) is 19.8 Å². The van der Waals surface area contributed by atoms with Gasteiger partial charge in [0.05, 0.1) is 11.4 Å². The van der Waals surface area contributed by atoms with Crippen molar-refractivity contribution in [3.63, 3.8) is 0 Å². The van der Waals surface area contributed by atoms with Gasteiger partial charge < -0.3 is 15.5 Å². The van der Waals surface area contributed by atoms with Gasteiger partial charge in [-0.2, -0.15) is 10.2 Å². The second-order valence-electron chi connectivity index (χ2n) is 5.03. The number of hydrazone groups is 2. The molecule has 0 aromatic heterocycles. The maximum Gasteiger partial charge on any atom is 0.186 e. The first kappa shape index (κ1) is 23.5. The molecule has 0 radical (unpaired) electrons. The zero-order chi connectivity index (χ0) is 18.4. The first-order valence-corrected chi connectivity index (χ1v) is 11.6. The molecule has 0 aromatic carbocycles. The van der Waals surface area contributed by atoms with Crippen molar-refractivity contribution in [1.29, 1.82) is 0 Å². The summed E-state index contributed by atoms with van der Waals surface area (Å²) in [6.07, 6.45) is 5.26. The van der Waals surface area contributed by atoms with Crippen LogP contribution in [0.2, 0.25) is 0 Å². The lowest BCUT2D eigenvalue weighted by atomic mass is 10.2. The van der Waals surface area contributed by atoms with Gasteiger partial charge in [0.1, 0.15) is 0 Å². The maximum absolute atomic E-state index is 9.20. The lowest BCUT2D eigenvalue weighted by Gasteiger charge is -2.08. The Bertz CT molecular complexity index is 460. The highest BCUT2D eigenvalue weighted by Crippen LogP contribution is 2.39. The lowest BCUT2D eigenvalue weighted by Crippen LogP contribution is -2.34. The first-order valence-electron chi connectivity index (χ1n) is 7.68. The SMILES string of the molecule is CNC(=S)N/N=C(C)\C(C)=N/NC(=S)NCCCCCCP(O)P. The average Bonchev–Trinajstić information content (AvgIpc) is 2.55. The van der Waals surface area contributed by atoms with E-state index in [1.165, 1.54) is 0 Å². The third kappa shape index (κ3) is 13.9. The zero-order valence-electron chi connectivity index (χ0n) is 14.4. The summed E-state index contributed by atoms with van der Waals surface area (Å²) in [7, 11) is 3.36. The number of nitrogens with zero attached hydrogens (tertiary/aromatic N) is 2. The third-order valence-electron chi connectivity index (χ3n) is 3.00. The summed E-state index contributed by atoms with van der Waals surface area (Å²) in [5, 5.41) is 15.1. The van der Waals surface area contributed by atoms with Crippen LogP contribution in [-0.4, -0.2) is 46.3 Å². The second-order valence-corrected chi connectivity index (χ2v) is 8.96. The van der Waals surface area contributed by atoms with Crippen LogP contribution in [-0.2, 0) is 0 Å². The molecule has 0 aliphatic rings. The summed E-state index contributed by atoms with van der Waals surface area (Å²) in [4.78, 5) is 9.20. The monoisotopic (exact) mass is 410 g/mol. The van der Waals surface area contributed by atoms with Crippen LogP contribution in [0.1, 0.15) is 39.5 Å². The molecule has 0 aliphatic heterocycles. The largest absolute Gasteiger partial charge is 0.370 e. The molecule has 0 bridgehead atoms. The van der Waals surface area contributed by atoms with E-state index in [9.17, 15) is 4.89 Å². The molecule has 24 heavy (non-hydrogen) atoms. The van der Waals surface area contributed by atoms with Gasteiger partial charge in [0.15, 0.2) is 10.2 Å². The molecule has 11 heteroatoms. The van der Waals surface area contributed by atoms with Crippen molar-refractivity contribution in [1.82, 2.24) is 21.5 Å². The van der Waals surface area contributed by atoms with E-state index in [2.05, 4.69) is 40.6 Å². The molecule has 0 aromatic rings. The van der Waals surface area contributed by atoms with Gasteiger partial charge in [-0.1, -0.05) is 21.8 Å². The molecule has 138 valence electrons. The van der Waals surface area contributed by atoms with Crippen LogP contribution in [0.25, 0.3) is 0 Å². The van der Waals surface area contributed by atoms with Gasteiger partial charge in [0.2, 0.25) is 0 Å². The Labute approximate surface area is 158 Å². The molecule has 0 fully saturated rings. The van der Waals surface area contributed by atoms with Crippen LogP contribution in [0.4, 0.5) is 0 Å². The summed E-state index contributed by atoms with van der Waals surface area (Å²) in [6.45, 7) is 4.47. The van der Waals surface area contributed by atoms with Gasteiger partial charge in [0, 0.05) is 21.4 Å². The maximum atomic E-state index is 9.20. The molecule has 2 unspecified atom stereocenters. The quantitative estimate of drug-likeness (QED) is 0.124. The smallest absolute Gasteiger partial charge is 0.186 e. The Kier molecular flexibility index (Phi) is 14.6. The Hall–Kier alpha value is -0.460. The summed E-state index contributed by atoms with van der Waals surface area (Å²) >= 11 is 10.1. The van der Waals surface area contributed by atoms with Crippen molar-refractivity contribution in [2.45, 2.75) is 39.5 Å². The molecule has 5 N–H and O–H groups in total. The minimum absolute atomic E-state index is 0.445. The summed E-state index contributed by atoms with van der Waals surface area (Å²) < 4.78 is 0. The van der Waals surface area contributed by atoms with Crippen molar-refractivity contribution in [3.8, 4) is 0 Å². The Morgan fingerprint density at radius 3 is 2.08 bits per heavy atom. The molecule has 0 spiro atoms. The second kappa shape index (κ2) is 14.8. The predicted molar refractivity (Wildman–Crippen MR) is 117 cm³/mol. The van der Waals surface area contributed by atoms with Crippen LogP contribution in [0.15, 0.2) is 10.2 Å². The molecule has 2 atom stereocenters. The Morgan fingerprint density at radius 2 is 1.54 bits per heavy atom. The fraction of sp³-hybridized carbons (Fsp3) is 0.692. The molecule has 0 saturated carbocycles. The van der Waals surface area contributed by atoms with Crippen LogP contribution >= 0.6 is 41.2 Å². The van der Waals surface area contributed by atoms with E-state index in [1.807, 2.05) is 13.8 Å². The molecule has 0 heterocycles. The lowest BCUT2D eigenvalue weighted by molar-refractivity contribution is 0.620. The van der Waals surface area contributed by atoms with Crippen LogP contribution in [0.3, 0.4) is 0 Å². The molecule has 0 aliphatic carbocycles. The third-order valence-corrected chi connectivity index (χ3v) is 5.08. The number of rotatable bonds is 10. The number of hydrogen-bond donors (Lipinski definition) is 5. The number of thiocarbonyl (C=S) groups is 2. The van der Waals surface area contributed by atoms with Gasteiger partial charge in [-0.25, -0.2) is 0 Å². The standard InChI is InChI=1S/C13H28N6OP2S2/c1-10(16-18-12(23)14-3)11(2)17-19-13(24)15-8-6-4-5-7-9-22(20)21/h20H,4-9,21H2,1-3H3,(H2,14,18,23)(H2,15,19,24)/b16-10-,17-11-. The van der Waals surface area contributed by atoms with E-state index in [0.717, 1.165) is 38.4 Å². The van der Waals surface area contributed by atoms with E-state index < -0.39 is 7.84 Å². The molecule has 0 rings (SSSR count). The molecular formula is C13H28N6OP2S2. The van der Waals surface area contributed by atoms with Crippen LogP contribution < -0.4 is 21.5 Å². The highest BCUT2D eigenvalue weighted by atomic mass is 32.1. The first-order chi connectivity index (χ1) is 11.4. The highest BCUT2D eigenvalue weighted by molar-refractivity contribution is 8.10. The Morgan fingerprint density at radius 1 is 1.00 bits per heavy atom. The molecule has 0 saturated heterocycles. The van der Waals surface area contributed by atoms with E-state index in [4.69, 9.17) is 24.4 Å². The van der Waals surface area contributed by atoms with Gasteiger partial charge in [-0.05, 0) is 57.3 Å².